The van der Waals surface area contributed by atoms with E-state index < -0.39 is 5.60 Å². The summed E-state index contributed by atoms with van der Waals surface area (Å²) in [5.74, 6) is -0.479. The number of hydrogen-bond acceptors (Lipinski definition) is 4. The molecule has 4 heteroatoms. The summed E-state index contributed by atoms with van der Waals surface area (Å²) in [6, 6.07) is 1.90. The molecule has 0 N–H and O–H groups in total. The predicted octanol–water partition coefficient (Wildman–Crippen LogP) is 3.68. The van der Waals surface area contributed by atoms with Gasteiger partial charge < -0.3 is 9.47 Å². The van der Waals surface area contributed by atoms with E-state index in [-0.39, 0.29) is 11.9 Å². The van der Waals surface area contributed by atoms with E-state index in [4.69, 9.17) is 9.47 Å². The molecule has 4 nitrogen and oxygen atoms in total. The molecular formula is C19H22O4. The number of methoxy groups -OCH3 is 1. The first-order valence-corrected chi connectivity index (χ1v) is 8.67. The van der Waals surface area contributed by atoms with Crippen LogP contribution >= 0.6 is 0 Å². The lowest BCUT2D eigenvalue weighted by Gasteiger charge is -2.33. The van der Waals surface area contributed by atoms with Crippen LogP contribution in [-0.2, 0) is 27.9 Å². The van der Waals surface area contributed by atoms with Crippen LogP contribution in [0, 0.1) is 0 Å². The molecule has 4 rings (SSSR count). The van der Waals surface area contributed by atoms with Crippen LogP contribution in [0.3, 0.4) is 0 Å². The number of hydrogen-bond donors (Lipinski definition) is 0. The zero-order valence-corrected chi connectivity index (χ0v) is 13.6. The third-order valence-corrected chi connectivity index (χ3v) is 5.70. The minimum absolute atomic E-state index is 0.184. The van der Waals surface area contributed by atoms with Crippen molar-refractivity contribution in [3.63, 3.8) is 0 Å². The van der Waals surface area contributed by atoms with Gasteiger partial charge in [0.15, 0.2) is 0 Å². The molecule has 1 spiro atoms. The number of benzene rings is 1. The minimum atomic E-state index is -0.500. The lowest BCUT2D eigenvalue weighted by Crippen LogP contribution is -2.29. The minimum Gasteiger partial charge on any atom is -0.465 e. The number of rotatable bonds is 1. The molecule has 0 unspecified atom stereocenters. The Balaban J connectivity index is 1.95. The van der Waals surface area contributed by atoms with Gasteiger partial charge >= 0.3 is 11.9 Å². The van der Waals surface area contributed by atoms with Gasteiger partial charge in [-0.25, -0.2) is 9.59 Å². The molecule has 1 heterocycles. The van der Waals surface area contributed by atoms with Crippen molar-refractivity contribution in [1.29, 1.82) is 0 Å². The van der Waals surface area contributed by atoms with Gasteiger partial charge in [0.05, 0.1) is 18.2 Å². The highest BCUT2D eigenvalue weighted by Crippen LogP contribution is 2.49. The van der Waals surface area contributed by atoms with Crippen molar-refractivity contribution in [2.24, 2.45) is 0 Å². The van der Waals surface area contributed by atoms with Crippen LogP contribution in [0.25, 0.3) is 0 Å². The fraction of sp³-hybridized carbons (Fsp3) is 0.579. The van der Waals surface area contributed by atoms with Crippen molar-refractivity contribution >= 4 is 11.9 Å². The van der Waals surface area contributed by atoms with E-state index in [1.807, 2.05) is 6.07 Å². The highest BCUT2D eigenvalue weighted by atomic mass is 16.6. The molecule has 0 amide bonds. The van der Waals surface area contributed by atoms with Crippen molar-refractivity contribution in [2.45, 2.75) is 63.4 Å². The standard InChI is InChI=1S/C19H22O4/c1-22-17(20)14-11-15-16(13-8-4-3-7-12(13)14)18(21)23-19(15)9-5-2-6-10-19/h11H,2-10H2,1H3. The molecular weight excluding hydrogens is 292 g/mol. The van der Waals surface area contributed by atoms with Crippen molar-refractivity contribution in [3.05, 3.63) is 33.9 Å². The molecule has 3 aliphatic rings. The second kappa shape index (κ2) is 5.36. The zero-order chi connectivity index (χ0) is 16.0. The Morgan fingerprint density at radius 2 is 1.78 bits per heavy atom. The highest BCUT2D eigenvalue weighted by Gasteiger charge is 2.48. The molecule has 0 atom stereocenters. The van der Waals surface area contributed by atoms with Crippen LogP contribution < -0.4 is 0 Å². The Morgan fingerprint density at radius 1 is 1.09 bits per heavy atom. The third kappa shape index (κ3) is 2.11. The molecule has 0 aromatic heterocycles. The summed E-state index contributed by atoms with van der Waals surface area (Å²) in [6.07, 6.45) is 8.86. The van der Waals surface area contributed by atoms with Crippen molar-refractivity contribution in [3.8, 4) is 0 Å². The molecule has 122 valence electrons. The van der Waals surface area contributed by atoms with Crippen LogP contribution in [0.1, 0.15) is 82.4 Å². The average molecular weight is 314 g/mol. The normalized spacial score (nSPS) is 21.5. The Bertz CT molecular complexity index is 683. The van der Waals surface area contributed by atoms with E-state index in [0.29, 0.717) is 5.56 Å². The Morgan fingerprint density at radius 3 is 2.48 bits per heavy atom. The molecule has 0 bridgehead atoms. The molecule has 0 radical (unpaired) electrons. The summed E-state index contributed by atoms with van der Waals surface area (Å²) in [5.41, 5.74) is 3.90. The number of carbonyl (C=O) groups excluding carboxylic acids is 2. The first kappa shape index (κ1) is 14.7. The number of ether oxygens (including phenoxy) is 2. The number of carbonyl (C=O) groups is 2. The summed E-state index contributed by atoms with van der Waals surface area (Å²) in [7, 11) is 1.42. The molecule has 0 saturated heterocycles. The molecule has 1 fully saturated rings. The highest BCUT2D eigenvalue weighted by molar-refractivity contribution is 6.00. The topological polar surface area (TPSA) is 52.6 Å². The van der Waals surface area contributed by atoms with Gasteiger partial charge in [-0.05, 0) is 68.6 Å². The van der Waals surface area contributed by atoms with E-state index in [0.717, 1.165) is 73.6 Å². The fourth-order valence-electron chi connectivity index (χ4n) is 4.61. The second-order valence-electron chi connectivity index (χ2n) is 6.95. The van der Waals surface area contributed by atoms with Crippen LogP contribution in [0.4, 0.5) is 0 Å². The van der Waals surface area contributed by atoms with Crippen molar-refractivity contribution < 1.29 is 19.1 Å². The zero-order valence-electron chi connectivity index (χ0n) is 13.6. The summed E-state index contributed by atoms with van der Waals surface area (Å²) in [4.78, 5) is 24.9. The lowest BCUT2D eigenvalue weighted by molar-refractivity contribution is -0.0280. The lowest BCUT2D eigenvalue weighted by atomic mass is 9.75. The van der Waals surface area contributed by atoms with E-state index in [2.05, 4.69) is 0 Å². The van der Waals surface area contributed by atoms with Gasteiger partial charge in [0.25, 0.3) is 0 Å². The molecule has 1 aromatic carbocycles. The summed E-state index contributed by atoms with van der Waals surface area (Å²) >= 11 is 0. The van der Waals surface area contributed by atoms with Gasteiger partial charge in [-0.1, -0.05) is 6.42 Å². The number of fused-ring (bicyclic) bond motifs is 4. The Kier molecular flexibility index (Phi) is 3.43. The summed E-state index contributed by atoms with van der Waals surface area (Å²) < 4.78 is 10.9. The number of esters is 2. The van der Waals surface area contributed by atoms with E-state index in [9.17, 15) is 9.59 Å². The molecule has 1 saturated carbocycles. The van der Waals surface area contributed by atoms with E-state index in [1.54, 1.807) is 0 Å². The molecule has 2 aliphatic carbocycles. The maximum atomic E-state index is 12.6. The molecule has 1 aromatic rings. The molecule has 1 aliphatic heterocycles. The second-order valence-corrected chi connectivity index (χ2v) is 6.95. The summed E-state index contributed by atoms with van der Waals surface area (Å²) in [6.45, 7) is 0. The van der Waals surface area contributed by atoms with Gasteiger partial charge in [0, 0.05) is 5.56 Å². The maximum Gasteiger partial charge on any atom is 0.339 e. The molecule has 23 heavy (non-hydrogen) atoms. The monoisotopic (exact) mass is 314 g/mol. The first-order valence-electron chi connectivity index (χ1n) is 8.67. The van der Waals surface area contributed by atoms with E-state index in [1.165, 1.54) is 13.5 Å². The van der Waals surface area contributed by atoms with Gasteiger partial charge in [-0.3, -0.25) is 0 Å². The van der Waals surface area contributed by atoms with Gasteiger partial charge in [-0.2, -0.15) is 0 Å². The largest absolute Gasteiger partial charge is 0.465 e. The summed E-state index contributed by atoms with van der Waals surface area (Å²) in [5, 5.41) is 0. The van der Waals surface area contributed by atoms with E-state index >= 15 is 0 Å². The van der Waals surface area contributed by atoms with Crippen LogP contribution in [0.15, 0.2) is 6.07 Å². The van der Waals surface area contributed by atoms with Crippen molar-refractivity contribution in [1.82, 2.24) is 0 Å². The smallest absolute Gasteiger partial charge is 0.339 e. The third-order valence-electron chi connectivity index (χ3n) is 5.70. The fourth-order valence-corrected chi connectivity index (χ4v) is 4.61. The van der Waals surface area contributed by atoms with Gasteiger partial charge in [0.2, 0.25) is 0 Å². The first-order chi connectivity index (χ1) is 11.2. The SMILES string of the molecule is COC(=O)c1cc2c(c3c1CCCC3)C(=O)OC21CCCCC1. The van der Waals surface area contributed by atoms with Gasteiger partial charge in [-0.15, -0.1) is 0 Å². The Hall–Kier alpha value is -1.84. The van der Waals surface area contributed by atoms with Crippen molar-refractivity contribution in [2.75, 3.05) is 7.11 Å². The predicted molar refractivity (Wildman–Crippen MR) is 84.6 cm³/mol. The Labute approximate surface area is 136 Å². The van der Waals surface area contributed by atoms with Crippen LogP contribution in [0.2, 0.25) is 0 Å². The average Bonchev–Trinajstić information content (AvgIpc) is 2.86. The van der Waals surface area contributed by atoms with Crippen LogP contribution in [0.5, 0.6) is 0 Å². The quantitative estimate of drug-likeness (QED) is 0.742. The van der Waals surface area contributed by atoms with Gasteiger partial charge in [0.1, 0.15) is 5.60 Å². The maximum absolute atomic E-state index is 12.6. The van der Waals surface area contributed by atoms with Crippen LogP contribution in [-0.4, -0.2) is 19.0 Å².